The third-order valence-electron chi connectivity index (χ3n) is 3.75. The highest BCUT2D eigenvalue weighted by Gasteiger charge is 2.09. The maximum absolute atomic E-state index is 13.7. The summed E-state index contributed by atoms with van der Waals surface area (Å²) >= 11 is 0. The Hall–Kier alpha value is -2.42. The van der Waals surface area contributed by atoms with Crippen molar-refractivity contribution in [2.75, 3.05) is 5.32 Å². The average Bonchev–Trinajstić information content (AvgIpc) is 2.50. The van der Waals surface area contributed by atoms with Crippen LogP contribution in [0.25, 0.3) is 10.8 Å². The van der Waals surface area contributed by atoms with Crippen molar-refractivity contribution in [2.24, 2.45) is 0 Å². The number of pyridine rings is 1. The predicted octanol–water partition coefficient (Wildman–Crippen LogP) is 4.86. The molecular formula is C18H17FN2. The predicted molar refractivity (Wildman–Crippen MR) is 84.9 cm³/mol. The number of hydrogen-bond acceptors (Lipinski definition) is 2. The maximum Gasteiger partial charge on any atom is 0.126 e. The van der Waals surface area contributed by atoms with Gasteiger partial charge in [0.1, 0.15) is 5.82 Å². The molecule has 0 bridgehead atoms. The fourth-order valence-corrected chi connectivity index (χ4v) is 2.43. The summed E-state index contributed by atoms with van der Waals surface area (Å²) in [7, 11) is 0. The summed E-state index contributed by atoms with van der Waals surface area (Å²) in [6.45, 7) is 3.80. The number of fused-ring (bicyclic) bond motifs is 1. The zero-order valence-corrected chi connectivity index (χ0v) is 12.1. The van der Waals surface area contributed by atoms with Gasteiger partial charge in [0.25, 0.3) is 0 Å². The molecule has 2 nitrogen and oxygen atoms in total. The summed E-state index contributed by atoms with van der Waals surface area (Å²) in [6.07, 6.45) is 3.63. The van der Waals surface area contributed by atoms with Crippen LogP contribution in [0.5, 0.6) is 0 Å². The van der Waals surface area contributed by atoms with E-state index in [9.17, 15) is 4.39 Å². The van der Waals surface area contributed by atoms with Gasteiger partial charge >= 0.3 is 0 Å². The van der Waals surface area contributed by atoms with Crippen LogP contribution in [0.15, 0.2) is 54.9 Å². The van der Waals surface area contributed by atoms with Gasteiger partial charge in [-0.3, -0.25) is 4.98 Å². The molecule has 1 unspecified atom stereocenters. The Morgan fingerprint density at radius 3 is 2.81 bits per heavy atom. The van der Waals surface area contributed by atoms with E-state index in [1.807, 2.05) is 43.5 Å². The van der Waals surface area contributed by atoms with Crippen molar-refractivity contribution in [3.63, 3.8) is 0 Å². The van der Waals surface area contributed by atoms with E-state index in [-0.39, 0.29) is 11.9 Å². The maximum atomic E-state index is 13.7. The van der Waals surface area contributed by atoms with E-state index >= 15 is 0 Å². The molecule has 0 aliphatic heterocycles. The lowest BCUT2D eigenvalue weighted by molar-refractivity contribution is 0.614. The summed E-state index contributed by atoms with van der Waals surface area (Å²) in [4.78, 5) is 4.18. The third-order valence-corrected chi connectivity index (χ3v) is 3.75. The molecule has 0 saturated heterocycles. The molecule has 1 atom stereocenters. The minimum atomic E-state index is -0.166. The van der Waals surface area contributed by atoms with Crippen LogP contribution in [0.4, 0.5) is 10.1 Å². The standard InChI is InChI=1S/C18H17FN2/c1-12-6-7-15(10-17(12)19)13(2)21-18-5-3-4-14-8-9-20-11-16(14)18/h3-11,13,21H,1-2H3. The highest BCUT2D eigenvalue weighted by Crippen LogP contribution is 2.27. The Balaban J connectivity index is 1.92. The fourth-order valence-electron chi connectivity index (χ4n) is 2.43. The Morgan fingerprint density at radius 1 is 1.14 bits per heavy atom. The van der Waals surface area contributed by atoms with Crippen molar-refractivity contribution in [3.8, 4) is 0 Å². The van der Waals surface area contributed by atoms with Crippen LogP contribution >= 0.6 is 0 Å². The molecule has 21 heavy (non-hydrogen) atoms. The van der Waals surface area contributed by atoms with Crippen LogP contribution < -0.4 is 5.32 Å². The number of hydrogen-bond donors (Lipinski definition) is 1. The molecule has 0 aliphatic rings. The lowest BCUT2D eigenvalue weighted by Gasteiger charge is -2.17. The molecule has 2 aromatic carbocycles. The molecule has 0 radical (unpaired) electrons. The van der Waals surface area contributed by atoms with Crippen LogP contribution in [0, 0.1) is 12.7 Å². The second-order valence-corrected chi connectivity index (χ2v) is 5.28. The summed E-state index contributed by atoms with van der Waals surface area (Å²) < 4.78 is 13.7. The minimum Gasteiger partial charge on any atom is -0.378 e. The first-order valence-electron chi connectivity index (χ1n) is 7.00. The highest BCUT2D eigenvalue weighted by molar-refractivity contribution is 5.93. The van der Waals surface area contributed by atoms with Crippen molar-refractivity contribution in [1.82, 2.24) is 4.98 Å². The van der Waals surface area contributed by atoms with E-state index in [4.69, 9.17) is 0 Å². The van der Waals surface area contributed by atoms with Crippen LogP contribution in [0.3, 0.4) is 0 Å². The Labute approximate surface area is 123 Å². The molecule has 0 amide bonds. The van der Waals surface area contributed by atoms with E-state index in [1.165, 1.54) is 0 Å². The summed E-state index contributed by atoms with van der Waals surface area (Å²) in [5.74, 6) is -0.166. The molecule has 1 aromatic heterocycles. The SMILES string of the molecule is Cc1ccc(C(C)Nc2cccc3ccncc23)cc1F. The molecule has 1 N–H and O–H groups in total. The zero-order valence-electron chi connectivity index (χ0n) is 12.1. The number of nitrogens with zero attached hydrogens (tertiary/aromatic N) is 1. The number of nitrogens with one attached hydrogen (secondary N) is 1. The van der Waals surface area contributed by atoms with Crippen LogP contribution in [-0.2, 0) is 0 Å². The molecule has 0 aliphatic carbocycles. The Morgan fingerprint density at radius 2 is 2.00 bits per heavy atom. The quantitative estimate of drug-likeness (QED) is 0.741. The molecule has 0 fully saturated rings. The van der Waals surface area contributed by atoms with Gasteiger partial charge in [0.05, 0.1) is 0 Å². The summed E-state index contributed by atoms with van der Waals surface area (Å²) in [5, 5.41) is 5.65. The van der Waals surface area contributed by atoms with Crippen molar-refractivity contribution in [1.29, 1.82) is 0 Å². The summed E-state index contributed by atoms with van der Waals surface area (Å²) in [6, 6.07) is 13.4. The highest BCUT2D eigenvalue weighted by atomic mass is 19.1. The van der Waals surface area contributed by atoms with Gasteiger partial charge in [0.15, 0.2) is 0 Å². The number of benzene rings is 2. The number of aromatic nitrogens is 1. The summed E-state index contributed by atoms with van der Waals surface area (Å²) in [5.41, 5.74) is 2.60. The Bertz CT molecular complexity index is 778. The van der Waals surface area contributed by atoms with E-state index in [0.717, 1.165) is 22.0 Å². The van der Waals surface area contributed by atoms with Crippen LogP contribution in [0.2, 0.25) is 0 Å². The lowest BCUT2D eigenvalue weighted by Crippen LogP contribution is -2.07. The van der Waals surface area contributed by atoms with Gasteiger partial charge in [-0.2, -0.15) is 0 Å². The third kappa shape index (κ3) is 2.72. The Kier molecular flexibility index (Phi) is 3.57. The number of halogens is 1. The van der Waals surface area contributed by atoms with E-state index in [2.05, 4.69) is 16.4 Å². The van der Waals surface area contributed by atoms with Crippen molar-refractivity contribution < 1.29 is 4.39 Å². The normalized spacial score (nSPS) is 12.3. The molecule has 106 valence electrons. The van der Waals surface area contributed by atoms with E-state index in [0.29, 0.717) is 5.56 Å². The largest absolute Gasteiger partial charge is 0.378 e. The first-order valence-corrected chi connectivity index (χ1v) is 7.00. The molecule has 0 saturated carbocycles. The van der Waals surface area contributed by atoms with E-state index in [1.54, 1.807) is 19.2 Å². The molecule has 3 aromatic rings. The van der Waals surface area contributed by atoms with Gasteiger partial charge < -0.3 is 5.32 Å². The fraction of sp³-hybridized carbons (Fsp3) is 0.167. The smallest absolute Gasteiger partial charge is 0.126 e. The molecule has 1 heterocycles. The van der Waals surface area contributed by atoms with Crippen molar-refractivity contribution in [3.05, 3.63) is 71.8 Å². The minimum absolute atomic E-state index is 0.0194. The van der Waals surface area contributed by atoms with Crippen molar-refractivity contribution in [2.45, 2.75) is 19.9 Å². The van der Waals surface area contributed by atoms with Gasteiger partial charge in [-0.1, -0.05) is 24.3 Å². The molecule has 3 heteroatoms. The molecule has 0 spiro atoms. The lowest BCUT2D eigenvalue weighted by atomic mass is 10.0. The monoisotopic (exact) mass is 280 g/mol. The second kappa shape index (κ2) is 5.52. The van der Waals surface area contributed by atoms with Crippen LogP contribution in [0.1, 0.15) is 24.1 Å². The van der Waals surface area contributed by atoms with E-state index < -0.39 is 0 Å². The van der Waals surface area contributed by atoms with Crippen molar-refractivity contribution >= 4 is 16.5 Å². The zero-order chi connectivity index (χ0) is 14.8. The molecular weight excluding hydrogens is 263 g/mol. The first-order chi connectivity index (χ1) is 10.1. The topological polar surface area (TPSA) is 24.9 Å². The number of rotatable bonds is 3. The first kappa shape index (κ1) is 13.6. The number of aryl methyl sites for hydroxylation is 1. The second-order valence-electron chi connectivity index (χ2n) is 5.28. The van der Waals surface area contributed by atoms with Gasteiger partial charge in [0.2, 0.25) is 0 Å². The van der Waals surface area contributed by atoms with Gasteiger partial charge in [-0.05, 0) is 48.6 Å². The van der Waals surface area contributed by atoms with Crippen LogP contribution in [-0.4, -0.2) is 4.98 Å². The van der Waals surface area contributed by atoms with Gasteiger partial charge in [-0.15, -0.1) is 0 Å². The average molecular weight is 280 g/mol. The molecule has 3 rings (SSSR count). The van der Waals surface area contributed by atoms with Gasteiger partial charge in [0, 0.05) is 29.5 Å². The number of anilines is 1. The van der Waals surface area contributed by atoms with Gasteiger partial charge in [-0.25, -0.2) is 4.39 Å².